The van der Waals surface area contributed by atoms with Gasteiger partial charge in [-0.25, -0.2) is 18.9 Å². The molecule has 0 spiro atoms. The second-order valence-electron chi connectivity index (χ2n) is 18.9. The maximum Gasteiger partial charge on any atom is 0.249 e. The lowest BCUT2D eigenvalue weighted by Crippen LogP contribution is -2.52. The van der Waals surface area contributed by atoms with E-state index in [-0.39, 0.29) is 29.7 Å². The lowest BCUT2D eigenvalue weighted by atomic mass is 9.74. The largest absolute Gasteiger partial charge is 0.495 e. The van der Waals surface area contributed by atoms with Crippen molar-refractivity contribution in [3.05, 3.63) is 66.6 Å². The van der Waals surface area contributed by atoms with E-state index < -0.39 is 17.8 Å². The summed E-state index contributed by atoms with van der Waals surface area (Å²) in [7, 11) is 1.52. The molecule has 5 aromatic rings. The Morgan fingerprint density at radius 1 is 0.925 bits per heavy atom. The quantitative estimate of drug-likeness (QED) is 0.126. The summed E-state index contributed by atoms with van der Waals surface area (Å²) in [5, 5.41) is 28.1. The Labute approximate surface area is 389 Å². The van der Waals surface area contributed by atoms with E-state index in [9.17, 15) is 19.6 Å². The van der Waals surface area contributed by atoms with Crippen LogP contribution in [0, 0.1) is 22.6 Å². The molecule has 10 rings (SSSR count). The molecule has 0 bridgehead atoms. The fraction of sp³-hybridized carbons (Fsp3) is 0.510. The number of carbonyl (C=O) groups excluding carboxylic acids is 3. The number of aromatic nitrogens is 6. The first-order chi connectivity index (χ1) is 32.6. The SMILES string of the molecule is CCC1(C(=O)NC2CCC2)CCN(c2ccc(-c3nc(-c4cnn([C@H]5CC[C@H](N6CCN(c7cc(OC)c(NC8CCC(=O)NC8=O)cc7F)CC6)CC5)c4)cn4ncc(C#N)c34)cn2)CC1. The van der Waals surface area contributed by atoms with Crippen LogP contribution in [-0.4, -0.2) is 116 Å². The molecule has 3 amide bonds. The van der Waals surface area contributed by atoms with E-state index in [1.54, 1.807) is 16.8 Å². The summed E-state index contributed by atoms with van der Waals surface area (Å²) in [6, 6.07) is 9.73. The monoisotopic (exact) mass is 911 g/mol. The van der Waals surface area contributed by atoms with Gasteiger partial charge in [0.05, 0.1) is 59.9 Å². The number of piperazine rings is 1. The molecule has 3 aliphatic heterocycles. The van der Waals surface area contributed by atoms with E-state index in [2.05, 4.69) is 59.6 Å². The van der Waals surface area contributed by atoms with Crippen molar-refractivity contribution in [2.45, 2.75) is 108 Å². The number of benzene rings is 1. The van der Waals surface area contributed by atoms with E-state index in [0.717, 1.165) is 101 Å². The van der Waals surface area contributed by atoms with E-state index in [1.165, 1.54) is 19.6 Å². The molecule has 2 aliphatic carbocycles. The molecule has 0 radical (unpaired) electrons. The Kier molecular flexibility index (Phi) is 12.3. The van der Waals surface area contributed by atoms with Crippen LogP contribution in [0.4, 0.5) is 21.6 Å². The molecule has 350 valence electrons. The summed E-state index contributed by atoms with van der Waals surface area (Å²) in [6.07, 6.45) is 19.5. The molecule has 17 nitrogen and oxygen atoms in total. The third-order valence-corrected chi connectivity index (χ3v) is 15.2. The zero-order chi connectivity index (χ0) is 46.2. The van der Waals surface area contributed by atoms with Crippen LogP contribution < -0.4 is 30.5 Å². The van der Waals surface area contributed by atoms with Crippen LogP contribution in [0.3, 0.4) is 0 Å². The number of nitriles is 1. The van der Waals surface area contributed by atoms with Gasteiger partial charge < -0.3 is 25.2 Å². The lowest BCUT2D eigenvalue weighted by Gasteiger charge is -2.42. The summed E-state index contributed by atoms with van der Waals surface area (Å²) in [4.78, 5) is 54.1. The zero-order valence-corrected chi connectivity index (χ0v) is 38.2. The number of rotatable bonds is 12. The van der Waals surface area contributed by atoms with Gasteiger partial charge in [-0.1, -0.05) is 6.92 Å². The molecule has 1 unspecified atom stereocenters. The number of amides is 3. The molecular weight excluding hydrogens is 854 g/mol. The number of halogens is 1. The van der Waals surface area contributed by atoms with Crippen molar-refractivity contribution in [1.29, 1.82) is 5.26 Å². The number of imide groups is 1. The minimum atomic E-state index is -0.644. The maximum atomic E-state index is 15.6. The van der Waals surface area contributed by atoms with Crippen molar-refractivity contribution in [3.63, 3.8) is 0 Å². The third kappa shape index (κ3) is 8.76. The number of pyridine rings is 1. The van der Waals surface area contributed by atoms with Gasteiger partial charge >= 0.3 is 0 Å². The minimum absolute atomic E-state index is 0.208. The second kappa shape index (κ2) is 18.6. The summed E-state index contributed by atoms with van der Waals surface area (Å²) < 4.78 is 25.0. The fourth-order valence-corrected chi connectivity index (χ4v) is 10.7. The van der Waals surface area contributed by atoms with Crippen molar-refractivity contribution in [2.24, 2.45) is 5.41 Å². The number of piperidine rings is 2. The van der Waals surface area contributed by atoms with E-state index in [1.807, 2.05) is 30.7 Å². The molecule has 4 aromatic heterocycles. The molecule has 2 saturated carbocycles. The number of carbonyl (C=O) groups is 3. The van der Waals surface area contributed by atoms with Crippen molar-refractivity contribution in [1.82, 2.24) is 44.9 Å². The zero-order valence-electron chi connectivity index (χ0n) is 38.2. The van der Waals surface area contributed by atoms with Crippen LogP contribution in [0.5, 0.6) is 5.75 Å². The summed E-state index contributed by atoms with van der Waals surface area (Å²) in [5.41, 5.74) is 4.52. The van der Waals surface area contributed by atoms with Gasteiger partial charge in [-0.2, -0.15) is 15.5 Å². The molecule has 5 fully saturated rings. The number of hydrogen-bond acceptors (Lipinski definition) is 13. The van der Waals surface area contributed by atoms with Gasteiger partial charge in [0.1, 0.15) is 40.6 Å². The predicted octanol–water partition coefficient (Wildman–Crippen LogP) is 5.86. The highest BCUT2D eigenvalue weighted by Gasteiger charge is 2.41. The van der Waals surface area contributed by atoms with Crippen LogP contribution in [0.1, 0.15) is 95.6 Å². The van der Waals surface area contributed by atoms with Gasteiger partial charge in [0.15, 0.2) is 0 Å². The van der Waals surface area contributed by atoms with Gasteiger partial charge in [-0.3, -0.25) is 29.3 Å². The van der Waals surface area contributed by atoms with Crippen molar-refractivity contribution in [3.8, 4) is 34.3 Å². The number of methoxy groups -OCH3 is 1. The van der Waals surface area contributed by atoms with Gasteiger partial charge in [0, 0.05) is 93.4 Å². The van der Waals surface area contributed by atoms with Gasteiger partial charge in [0.2, 0.25) is 17.7 Å². The maximum absolute atomic E-state index is 15.6. The van der Waals surface area contributed by atoms with E-state index in [0.29, 0.717) is 71.2 Å². The molecule has 67 heavy (non-hydrogen) atoms. The van der Waals surface area contributed by atoms with Crippen molar-refractivity contribution >= 4 is 40.4 Å². The lowest BCUT2D eigenvalue weighted by molar-refractivity contribution is -0.134. The molecule has 18 heteroatoms. The first-order valence-corrected chi connectivity index (χ1v) is 23.9. The number of nitrogens with one attached hydrogen (secondary N) is 3. The van der Waals surface area contributed by atoms with Crippen LogP contribution >= 0.6 is 0 Å². The van der Waals surface area contributed by atoms with Crippen LogP contribution in [-0.2, 0) is 14.4 Å². The van der Waals surface area contributed by atoms with Gasteiger partial charge in [0.25, 0.3) is 0 Å². The fourth-order valence-electron chi connectivity index (χ4n) is 10.7. The molecular formula is C49H58FN13O4. The van der Waals surface area contributed by atoms with Crippen LogP contribution in [0.15, 0.2) is 55.2 Å². The molecule has 1 atom stereocenters. The highest BCUT2D eigenvalue weighted by Crippen LogP contribution is 2.39. The third-order valence-electron chi connectivity index (χ3n) is 15.2. The normalized spacial score (nSPS) is 22.5. The topological polar surface area (TPSA) is 191 Å². The number of anilines is 3. The van der Waals surface area contributed by atoms with Crippen molar-refractivity contribution < 1.29 is 23.5 Å². The van der Waals surface area contributed by atoms with Crippen LogP contribution in [0.2, 0.25) is 0 Å². The number of fused-ring (bicyclic) bond motifs is 1. The number of nitrogens with zero attached hydrogens (tertiary/aromatic N) is 10. The average molecular weight is 912 g/mol. The Morgan fingerprint density at radius 3 is 2.37 bits per heavy atom. The Bertz CT molecular complexity index is 2680. The van der Waals surface area contributed by atoms with Gasteiger partial charge in [-0.05, 0) is 82.8 Å². The van der Waals surface area contributed by atoms with Crippen LogP contribution in [0.25, 0.3) is 28.0 Å². The average Bonchev–Trinajstić information content (AvgIpc) is 4.02. The summed E-state index contributed by atoms with van der Waals surface area (Å²) in [5.74, 6) is 0.381. The number of hydrogen-bond donors (Lipinski definition) is 3. The molecule has 3 N–H and O–H groups in total. The Hall–Kier alpha value is -6.61. The highest BCUT2D eigenvalue weighted by molar-refractivity contribution is 6.01. The molecule has 1 aromatic carbocycles. The summed E-state index contributed by atoms with van der Waals surface area (Å²) in [6.45, 7) is 6.61. The smallest absolute Gasteiger partial charge is 0.249 e. The highest BCUT2D eigenvalue weighted by atomic mass is 19.1. The Balaban J connectivity index is 0.763. The van der Waals surface area contributed by atoms with Gasteiger partial charge in [-0.15, -0.1) is 0 Å². The second-order valence-corrected chi connectivity index (χ2v) is 18.9. The molecule has 5 aliphatic rings. The van der Waals surface area contributed by atoms with E-state index in [4.69, 9.17) is 19.8 Å². The first kappa shape index (κ1) is 44.2. The predicted molar refractivity (Wildman–Crippen MR) is 250 cm³/mol. The van der Waals surface area contributed by atoms with E-state index >= 15 is 4.39 Å². The van der Waals surface area contributed by atoms with Crippen molar-refractivity contribution in [2.75, 3.05) is 61.5 Å². The molecule has 7 heterocycles. The minimum Gasteiger partial charge on any atom is -0.495 e. The number of ether oxygens (including phenoxy) is 1. The summed E-state index contributed by atoms with van der Waals surface area (Å²) >= 11 is 0. The molecule has 3 saturated heterocycles. The first-order valence-electron chi connectivity index (χ1n) is 23.9. The standard InChI is InChI=1S/C49H58FN13O4/c1-3-49(48(66)55-34-5-4-6-34)15-17-61(18-16-49)43-13-7-31(26-52-43)45-46-32(25-51)27-54-63(46)30-40(57-45)33-28-53-62(29-33)36-10-8-35(9-11-36)59-19-21-60(22-20-59)41-24-42(67-2)39(23-37(41)50)56-38-12-14-44(64)58-47(38)65/h7,13,23-24,26-30,34-36,38,56H,3-6,8-12,14-22H2,1-2H3,(H,55,66)(H,58,64,65)/t35-,36-,38?. The Morgan fingerprint density at radius 2 is 1.70 bits per heavy atom.